The zero-order valence-corrected chi connectivity index (χ0v) is 18.8. The first-order valence-electron chi connectivity index (χ1n) is 9.66. The number of halogens is 2. The maximum absolute atomic E-state index is 10.5. The average molecular weight is 499 g/mol. The van der Waals surface area contributed by atoms with Gasteiger partial charge < -0.3 is 9.47 Å². The molecule has 0 unspecified atom stereocenters. The van der Waals surface area contributed by atoms with Crippen molar-refractivity contribution in [3.05, 3.63) is 127 Å². The van der Waals surface area contributed by atoms with E-state index in [4.69, 9.17) is 32.7 Å². The van der Waals surface area contributed by atoms with Gasteiger partial charge in [0.15, 0.2) is 0 Å². The number of ether oxygens (including phenoxy) is 2. The van der Waals surface area contributed by atoms with E-state index in [1.807, 2.05) is 0 Å². The van der Waals surface area contributed by atoms with Gasteiger partial charge in [0.2, 0.25) is 0 Å². The first-order valence-corrected chi connectivity index (χ1v) is 10.4. The minimum atomic E-state index is -0.452. The maximum atomic E-state index is 10.5. The summed E-state index contributed by atoms with van der Waals surface area (Å²) in [6, 6.07) is 25.5. The predicted octanol–water partition coefficient (Wildman–Crippen LogP) is 8.08. The van der Waals surface area contributed by atoms with Gasteiger partial charge in [-0.15, -0.1) is 0 Å². The summed E-state index contributed by atoms with van der Waals surface area (Å²) in [5, 5.41) is 22.2. The van der Waals surface area contributed by atoms with Gasteiger partial charge in [0.25, 0.3) is 11.4 Å². The summed E-state index contributed by atoms with van der Waals surface area (Å²) < 4.78 is 11.0. The maximum Gasteiger partial charge on any atom is 0.269 e. The Balaban J connectivity index is 0.000000191. The number of hydrogen-bond donors (Lipinski definition) is 0. The van der Waals surface area contributed by atoms with E-state index >= 15 is 0 Å². The van der Waals surface area contributed by atoms with Gasteiger partial charge in [0.05, 0.1) is 9.85 Å². The summed E-state index contributed by atoms with van der Waals surface area (Å²) in [6.45, 7) is 0. The third kappa shape index (κ3) is 7.47. The summed E-state index contributed by atoms with van der Waals surface area (Å²) in [5.74, 6) is 2.34. The lowest BCUT2D eigenvalue weighted by atomic mass is 10.3. The molecule has 0 aliphatic carbocycles. The van der Waals surface area contributed by atoms with E-state index in [-0.39, 0.29) is 11.4 Å². The molecule has 4 rings (SSSR count). The molecule has 0 amide bonds. The van der Waals surface area contributed by atoms with Crippen molar-refractivity contribution in [1.29, 1.82) is 0 Å². The fraction of sp³-hybridized carbons (Fsp3) is 0. The molecule has 34 heavy (non-hydrogen) atoms. The van der Waals surface area contributed by atoms with Gasteiger partial charge in [-0.3, -0.25) is 20.2 Å². The van der Waals surface area contributed by atoms with Crippen LogP contribution in [-0.2, 0) is 0 Å². The second kappa shape index (κ2) is 11.6. The molecule has 0 atom stereocenters. The highest BCUT2D eigenvalue weighted by molar-refractivity contribution is 6.30. The van der Waals surface area contributed by atoms with E-state index in [0.717, 1.165) is 0 Å². The van der Waals surface area contributed by atoms with Crippen molar-refractivity contribution in [2.45, 2.75) is 0 Å². The zero-order chi connectivity index (χ0) is 24.5. The number of non-ortho nitro benzene ring substituents is 2. The van der Waals surface area contributed by atoms with E-state index < -0.39 is 9.85 Å². The van der Waals surface area contributed by atoms with Crippen molar-refractivity contribution in [2.75, 3.05) is 0 Å². The van der Waals surface area contributed by atoms with Gasteiger partial charge in [-0.25, -0.2) is 0 Å². The van der Waals surface area contributed by atoms with Crippen LogP contribution >= 0.6 is 23.2 Å². The van der Waals surface area contributed by atoms with Crippen LogP contribution in [0.3, 0.4) is 0 Å². The Morgan fingerprint density at radius 1 is 0.471 bits per heavy atom. The Hall–Kier alpha value is -4.14. The van der Waals surface area contributed by atoms with Crippen LogP contribution in [0, 0.1) is 20.2 Å². The molecule has 0 saturated carbocycles. The van der Waals surface area contributed by atoms with Crippen LogP contribution in [0.2, 0.25) is 10.0 Å². The molecule has 4 aromatic rings. The second-order valence-electron chi connectivity index (χ2n) is 6.61. The van der Waals surface area contributed by atoms with Crippen molar-refractivity contribution in [3.8, 4) is 23.0 Å². The molecule has 0 N–H and O–H groups in total. The van der Waals surface area contributed by atoms with Crippen LogP contribution in [0.15, 0.2) is 97.1 Å². The molecule has 0 saturated heterocycles. The first-order chi connectivity index (χ1) is 16.3. The third-order valence-electron chi connectivity index (χ3n) is 4.19. The normalized spacial score (nSPS) is 9.94. The van der Waals surface area contributed by atoms with Gasteiger partial charge in [0, 0.05) is 34.3 Å². The molecule has 0 radical (unpaired) electrons. The van der Waals surface area contributed by atoms with Crippen molar-refractivity contribution in [3.63, 3.8) is 0 Å². The van der Waals surface area contributed by atoms with E-state index in [1.54, 1.807) is 72.8 Å². The number of hydrogen-bond acceptors (Lipinski definition) is 6. The molecular formula is C24H16Cl2N2O6. The largest absolute Gasteiger partial charge is 0.457 e. The lowest BCUT2D eigenvalue weighted by Crippen LogP contribution is -1.88. The number of benzene rings is 4. The summed E-state index contributed by atoms with van der Waals surface area (Å²) in [5.41, 5.74) is 0.0712. The summed E-state index contributed by atoms with van der Waals surface area (Å²) in [6.07, 6.45) is 0. The van der Waals surface area contributed by atoms with Crippen molar-refractivity contribution in [1.82, 2.24) is 0 Å². The molecule has 0 aliphatic rings. The van der Waals surface area contributed by atoms with Crippen molar-refractivity contribution in [2.24, 2.45) is 0 Å². The lowest BCUT2D eigenvalue weighted by Gasteiger charge is -2.04. The molecule has 0 aliphatic heterocycles. The highest BCUT2D eigenvalue weighted by atomic mass is 35.5. The van der Waals surface area contributed by atoms with Gasteiger partial charge in [0.1, 0.15) is 23.0 Å². The average Bonchev–Trinajstić information content (AvgIpc) is 2.83. The Labute approximate surface area is 204 Å². The summed E-state index contributed by atoms with van der Waals surface area (Å²) in [4.78, 5) is 20.0. The SMILES string of the molecule is O=[N+]([O-])c1ccc(Oc2ccc(Cl)cc2)cc1.O=[N+]([O-])c1ccc(Oc2ccc(Cl)cc2)cc1. The minimum absolute atomic E-state index is 0.0356. The third-order valence-corrected chi connectivity index (χ3v) is 4.70. The monoisotopic (exact) mass is 498 g/mol. The molecule has 0 spiro atoms. The van der Waals surface area contributed by atoms with Gasteiger partial charge in [-0.05, 0) is 72.8 Å². The van der Waals surface area contributed by atoms with Crippen LogP contribution < -0.4 is 9.47 Å². The molecule has 0 bridgehead atoms. The van der Waals surface area contributed by atoms with Crippen LogP contribution in [-0.4, -0.2) is 9.85 Å². The minimum Gasteiger partial charge on any atom is -0.457 e. The van der Waals surface area contributed by atoms with Gasteiger partial charge >= 0.3 is 0 Å². The van der Waals surface area contributed by atoms with Crippen LogP contribution in [0.4, 0.5) is 11.4 Å². The zero-order valence-electron chi connectivity index (χ0n) is 17.3. The van der Waals surface area contributed by atoms with Crippen LogP contribution in [0.25, 0.3) is 0 Å². The highest BCUT2D eigenvalue weighted by Gasteiger charge is 2.06. The molecule has 0 heterocycles. The smallest absolute Gasteiger partial charge is 0.269 e. The lowest BCUT2D eigenvalue weighted by molar-refractivity contribution is -0.385. The molecule has 10 heteroatoms. The second-order valence-corrected chi connectivity index (χ2v) is 7.49. The molecule has 172 valence electrons. The van der Waals surface area contributed by atoms with E-state index in [2.05, 4.69) is 0 Å². The van der Waals surface area contributed by atoms with Crippen LogP contribution in [0.1, 0.15) is 0 Å². The number of nitro groups is 2. The summed E-state index contributed by atoms with van der Waals surface area (Å²) >= 11 is 11.5. The number of nitro benzene ring substituents is 2. The van der Waals surface area contributed by atoms with Crippen molar-refractivity contribution >= 4 is 34.6 Å². The molecule has 0 aromatic heterocycles. The highest BCUT2D eigenvalue weighted by Crippen LogP contribution is 2.26. The molecular weight excluding hydrogens is 483 g/mol. The number of nitrogens with zero attached hydrogens (tertiary/aromatic N) is 2. The Morgan fingerprint density at radius 3 is 0.941 bits per heavy atom. The number of rotatable bonds is 6. The standard InChI is InChI=1S/2C12H8ClNO3/c2*13-9-1-5-11(6-2-9)17-12-7-3-10(4-8-12)14(15)16/h2*1-8H. The van der Waals surface area contributed by atoms with E-state index in [1.165, 1.54) is 24.3 Å². The first kappa shape index (κ1) is 24.5. The summed E-state index contributed by atoms with van der Waals surface area (Å²) in [7, 11) is 0. The molecule has 4 aromatic carbocycles. The van der Waals surface area contributed by atoms with Crippen LogP contribution in [0.5, 0.6) is 23.0 Å². The Morgan fingerprint density at radius 2 is 0.706 bits per heavy atom. The van der Waals surface area contributed by atoms with E-state index in [0.29, 0.717) is 33.0 Å². The topological polar surface area (TPSA) is 105 Å². The van der Waals surface area contributed by atoms with E-state index in [9.17, 15) is 20.2 Å². The fourth-order valence-corrected chi connectivity index (χ4v) is 2.80. The van der Waals surface area contributed by atoms with Gasteiger partial charge in [-0.1, -0.05) is 23.2 Å². The molecule has 0 fully saturated rings. The van der Waals surface area contributed by atoms with Crippen molar-refractivity contribution < 1.29 is 19.3 Å². The van der Waals surface area contributed by atoms with Gasteiger partial charge in [-0.2, -0.15) is 0 Å². The predicted molar refractivity (Wildman–Crippen MR) is 129 cm³/mol. The molecule has 8 nitrogen and oxygen atoms in total. The Bertz CT molecular complexity index is 1150. The fourth-order valence-electron chi connectivity index (χ4n) is 2.55. The quantitative estimate of drug-likeness (QED) is 0.196. The Kier molecular flexibility index (Phi) is 8.39.